The summed E-state index contributed by atoms with van der Waals surface area (Å²) in [6.07, 6.45) is 3.48. The molecule has 0 saturated carbocycles. The Morgan fingerprint density at radius 1 is 1.21 bits per heavy atom. The van der Waals surface area contributed by atoms with Gasteiger partial charge in [-0.25, -0.2) is 0 Å². The minimum atomic E-state index is -0.770. The first-order valence-electron chi connectivity index (χ1n) is 5.12. The fraction of sp³-hybridized carbons (Fsp3) is 0.583. The Kier molecular flexibility index (Phi) is 3.27. The molecule has 0 radical (unpaired) electrons. The number of hydrogen-bond acceptors (Lipinski definition) is 2. The summed E-state index contributed by atoms with van der Waals surface area (Å²) < 4.78 is 0. The van der Waals surface area contributed by atoms with Crippen molar-refractivity contribution in [3.8, 4) is 0 Å². The van der Waals surface area contributed by atoms with Gasteiger partial charge < -0.3 is 5.11 Å². The first kappa shape index (κ1) is 11.2. The smallest absolute Gasteiger partial charge is 0.0956 e. The van der Waals surface area contributed by atoms with Crippen LogP contribution in [0.4, 0.5) is 0 Å². The van der Waals surface area contributed by atoms with Crippen molar-refractivity contribution in [2.45, 2.75) is 33.3 Å². The second kappa shape index (κ2) is 4.09. The highest BCUT2D eigenvalue weighted by atomic mass is 16.3. The summed E-state index contributed by atoms with van der Waals surface area (Å²) in [5.41, 5.74) is 0.138. The van der Waals surface area contributed by atoms with Crippen LogP contribution in [0.2, 0.25) is 0 Å². The SMILES string of the molecule is CC(C)C(O)(c1cccnc1)C(C)C. The van der Waals surface area contributed by atoms with Crippen LogP contribution in [0.1, 0.15) is 33.3 Å². The van der Waals surface area contributed by atoms with E-state index in [9.17, 15) is 5.11 Å². The van der Waals surface area contributed by atoms with Crippen LogP contribution in [0, 0.1) is 11.8 Å². The Bertz CT molecular complexity index is 272. The third-order valence-electron chi connectivity index (χ3n) is 2.88. The summed E-state index contributed by atoms with van der Waals surface area (Å²) in [6, 6.07) is 3.80. The number of rotatable bonds is 3. The van der Waals surface area contributed by atoms with Crippen molar-refractivity contribution in [3.05, 3.63) is 30.1 Å². The molecule has 1 N–H and O–H groups in total. The maximum absolute atomic E-state index is 10.6. The van der Waals surface area contributed by atoms with Crippen LogP contribution in [0.15, 0.2) is 24.5 Å². The van der Waals surface area contributed by atoms with Gasteiger partial charge in [0.25, 0.3) is 0 Å². The summed E-state index contributed by atoms with van der Waals surface area (Å²) in [6.45, 7) is 8.14. The minimum absolute atomic E-state index is 0.187. The molecule has 0 fully saturated rings. The van der Waals surface area contributed by atoms with Crippen LogP contribution >= 0.6 is 0 Å². The fourth-order valence-corrected chi connectivity index (χ4v) is 1.93. The quantitative estimate of drug-likeness (QED) is 0.800. The van der Waals surface area contributed by atoms with Crippen LogP contribution in [0.3, 0.4) is 0 Å². The van der Waals surface area contributed by atoms with Crippen LogP contribution in [0.5, 0.6) is 0 Å². The van der Waals surface area contributed by atoms with Crippen LogP contribution in [0.25, 0.3) is 0 Å². The van der Waals surface area contributed by atoms with Gasteiger partial charge >= 0.3 is 0 Å². The van der Waals surface area contributed by atoms with E-state index in [-0.39, 0.29) is 11.8 Å². The molecular formula is C12H19NO. The van der Waals surface area contributed by atoms with Crippen molar-refractivity contribution in [1.29, 1.82) is 0 Å². The largest absolute Gasteiger partial charge is 0.385 e. The van der Waals surface area contributed by atoms with Crippen LogP contribution < -0.4 is 0 Å². The highest BCUT2D eigenvalue weighted by molar-refractivity contribution is 5.19. The van der Waals surface area contributed by atoms with Gasteiger partial charge in [-0.05, 0) is 17.9 Å². The van der Waals surface area contributed by atoms with Gasteiger partial charge in [-0.2, -0.15) is 0 Å². The molecule has 78 valence electrons. The molecule has 1 aromatic rings. The van der Waals surface area contributed by atoms with Crippen molar-refractivity contribution in [2.75, 3.05) is 0 Å². The molecule has 0 aliphatic heterocycles. The van der Waals surface area contributed by atoms with Crippen molar-refractivity contribution in [1.82, 2.24) is 4.98 Å². The van der Waals surface area contributed by atoms with Gasteiger partial charge in [0.2, 0.25) is 0 Å². The Labute approximate surface area is 86.0 Å². The third-order valence-corrected chi connectivity index (χ3v) is 2.88. The third kappa shape index (κ3) is 1.80. The van der Waals surface area contributed by atoms with E-state index < -0.39 is 5.60 Å². The Hall–Kier alpha value is -0.890. The number of nitrogens with zero attached hydrogens (tertiary/aromatic N) is 1. The first-order valence-corrected chi connectivity index (χ1v) is 5.12. The molecule has 0 amide bonds. The summed E-state index contributed by atoms with van der Waals surface area (Å²) in [4.78, 5) is 4.06. The molecule has 1 aromatic heterocycles. The van der Waals surface area contributed by atoms with E-state index >= 15 is 0 Å². The normalized spacial score (nSPS) is 12.5. The van der Waals surface area contributed by atoms with Gasteiger partial charge in [0.1, 0.15) is 0 Å². The highest BCUT2D eigenvalue weighted by Gasteiger charge is 2.36. The van der Waals surface area contributed by atoms with Crippen molar-refractivity contribution < 1.29 is 5.11 Å². The molecule has 0 spiro atoms. The van der Waals surface area contributed by atoms with Gasteiger partial charge in [-0.3, -0.25) is 4.98 Å². The molecule has 0 atom stereocenters. The summed E-state index contributed by atoms with van der Waals surface area (Å²) in [7, 11) is 0. The zero-order valence-electron chi connectivity index (χ0n) is 9.36. The lowest BCUT2D eigenvalue weighted by atomic mass is 9.76. The average molecular weight is 193 g/mol. The second-order valence-corrected chi connectivity index (χ2v) is 4.38. The number of hydrogen-bond donors (Lipinski definition) is 1. The lowest BCUT2D eigenvalue weighted by Gasteiger charge is -2.36. The van der Waals surface area contributed by atoms with Crippen molar-refractivity contribution in [3.63, 3.8) is 0 Å². The monoisotopic (exact) mass is 193 g/mol. The topological polar surface area (TPSA) is 33.1 Å². The van der Waals surface area contributed by atoms with Gasteiger partial charge in [0.15, 0.2) is 0 Å². The molecule has 2 nitrogen and oxygen atoms in total. The van der Waals surface area contributed by atoms with Gasteiger partial charge in [0, 0.05) is 18.0 Å². The Morgan fingerprint density at radius 3 is 2.14 bits per heavy atom. The zero-order valence-corrected chi connectivity index (χ0v) is 9.36. The maximum atomic E-state index is 10.6. The Morgan fingerprint density at radius 2 is 1.79 bits per heavy atom. The molecule has 0 bridgehead atoms. The molecule has 0 aliphatic rings. The molecule has 0 aromatic carbocycles. The van der Waals surface area contributed by atoms with Crippen molar-refractivity contribution in [2.24, 2.45) is 11.8 Å². The van der Waals surface area contributed by atoms with E-state index in [0.29, 0.717) is 0 Å². The molecule has 0 saturated heterocycles. The number of aliphatic hydroxyl groups is 1. The van der Waals surface area contributed by atoms with E-state index in [2.05, 4.69) is 4.98 Å². The Balaban J connectivity index is 3.13. The summed E-state index contributed by atoms with van der Waals surface area (Å²) >= 11 is 0. The van der Waals surface area contributed by atoms with E-state index in [1.807, 2.05) is 39.8 Å². The van der Waals surface area contributed by atoms with Gasteiger partial charge in [-0.1, -0.05) is 33.8 Å². The maximum Gasteiger partial charge on any atom is 0.0956 e. The predicted molar refractivity (Wildman–Crippen MR) is 57.8 cm³/mol. The van der Waals surface area contributed by atoms with E-state index in [1.165, 1.54) is 0 Å². The molecule has 1 heterocycles. The molecule has 0 aliphatic carbocycles. The van der Waals surface area contributed by atoms with Crippen LogP contribution in [-0.4, -0.2) is 10.1 Å². The number of pyridine rings is 1. The second-order valence-electron chi connectivity index (χ2n) is 4.38. The first-order chi connectivity index (χ1) is 6.49. The molecule has 2 heteroatoms. The van der Waals surface area contributed by atoms with Gasteiger partial charge in [-0.15, -0.1) is 0 Å². The predicted octanol–water partition coefficient (Wildman–Crippen LogP) is 2.58. The lowest BCUT2D eigenvalue weighted by Crippen LogP contribution is -2.37. The molecular weight excluding hydrogens is 174 g/mol. The van der Waals surface area contributed by atoms with E-state index in [4.69, 9.17) is 0 Å². The van der Waals surface area contributed by atoms with Crippen LogP contribution in [-0.2, 0) is 5.60 Å². The summed E-state index contributed by atoms with van der Waals surface area (Å²) in [5.74, 6) is 0.374. The fourth-order valence-electron chi connectivity index (χ4n) is 1.93. The minimum Gasteiger partial charge on any atom is -0.385 e. The molecule has 1 rings (SSSR count). The van der Waals surface area contributed by atoms with Gasteiger partial charge in [0.05, 0.1) is 5.60 Å². The van der Waals surface area contributed by atoms with Crippen molar-refractivity contribution >= 4 is 0 Å². The lowest BCUT2D eigenvalue weighted by molar-refractivity contribution is -0.0533. The molecule has 14 heavy (non-hydrogen) atoms. The molecule has 0 unspecified atom stereocenters. The zero-order chi connectivity index (χ0) is 10.8. The number of aromatic nitrogens is 1. The van der Waals surface area contributed by atoms with E-state index in [1.54, 1.807) is 12.4 Å². The van der Waals surface area contributed by atoms with E-state index in [0.717, 1.165) is 5.56 Å². The highest BCUT2D eigenvalue weighted by Crippen LogP contribution is 2.35. The average Bonchev–Trinajstić information content (AvgIpc) is 2.17. The standard InChI is InChI=1S/C12H19NO/c1-9(2)12(14,10(3)4)11-6-5-7-13-8-11/h5-10,14H,1-4H3. The summed E-state index contributed by atoms with van der Waals surface area (Å²) in [5, 5.41) is 10.6.